The summed E-state index contributed by atoms with van der Waals surface area (Å²) in [4.78, 5) is 7.17. The zero-order chi connectivity index (χ0) is 17.9. The summed E-state index contributed by atoms with van der Waals surface area (Å²) in [7, 11) is 1.76. The van der Waals surface area contributed by atoms with Crippen molar-refractivity contribution in [3.63, 3.8) is 0 Å². The van der Waals surface area contributed by atoms with Crippen molar-refractivity contribution >= 4 is 11.6 Å². The summed E-state index contributed by atoms with van der Waals surface area (Å²) in [5.41, 5.74) is 2.62. The van der Waals surface area contributed by atoms with E-state index in [0.717, 1.165) is 58.0 Å². The molecule has 0 spiro atoms. The average molecular weight is 347 g/mol. The van der Waals surface area contributed by atoms with Gasteiger partial charge < -0.3 is 20.3 Å². The molecule has 25 heavy (non-hydrogen) atoms. The number of methoxy groups -OCH3 is 1. The van der Waals surface area contributed by atoms with Gasteiger partial charge in [-0.25, -0.2) is 0 Å². The zero-order valence-electron chi connectivity index (χ0n) is 16.1. The summed E-state index contributed by atoms with van der Waals surface area (Å²) in [6.07, 6.45) is 4.54. The highest BCUT2D eigenvalue weighted by molar-refractivity contribution is 5.80. The van der Waals surface area contributed by atoms with Crippen LogP contribution in [0.2, 0.25) is 0 Å². The van der Waals surface area contributed by atoms with Crippen molar-refractivity contribution in [1.29, 1.82) is 0 Å². The lowest BCUT2D eigenvalue weighted by Gasteiger charge is -2.20. The molecule has 1 atom stereocenters. The van der Waals surface area contributed by atoms with Gasteiger partial charge in [0.05, 0.1) is 0 Å². The molecule has 0 aliphatic carbocycles. The molecule has 1 aromatic carbocycles. The summed E-state index contributed by atoms with van der Waals surface area (Å²) in [5, 5.41) is 6.97. The Bertz CT molecular complexity index is 515. The maximum Gasteiger partial charge on any atom is 0.191 e. The van der Waals surface area contributed by atoms with E-state index in [1.54, 1.807) is 7.11 Å². The van der Waals surface area contributed by atoms with Crippen LogP contribution in [0.1, 0.15) is 38.2 Å². The van der Waals surface area contributed by atoms with Crippen LogP contribution in [0.3, 0.4) is 0 Å². The molecule has 1 saturated heterocycles. The highest BCUT2D eigenvalue weighted by atomic mass is 16.5. The van der Waals surface area contributed by atoms with E-state index in [9.17, 15) is 0 Å². The SMILES string of the molecule is CCNC(=NCCCCCOC)NC1CCN(c2ccc(C)cc2)C1. The maximum atomic E-state index is 5.08. The highest BCUT2D eigenvalue weighted by Crippen LogP contribution is 2.20. The average Bonchev–Trinajstić information content (AvgIpc) is 3.07. The minimum atomic E-state index is 0.451. The number of nitrogens with zero attached hydrogens (tertiary/aromatic N) is 2. The first-order chi connectivity index (χ1) is 12.2. The second-order valence-corrected chi connectivity index (χ2v) is 6.73. The molecule has 2 rings (SSSR count). The van der Waals surface area contributed by atoms with E-state index in [2.05, 4.69) is 53.6 Å². The van der Waals surface area contributed by atoms with Crippen molar-refractivity contribution in [2.24, 2.45) is 4.99 Å². The number of aryl methyl sites for hydroxylation is 1. The molecular formula is C20H34N4O. The Labute approximate surface area is 152 Å². The lowest BCUT2D eigenvalue weighted by Crippen LogP contribution is -2.44. The van der Waals surface area contributed by atoms with Crippen LogP contribution in [0.25, 0.3) is 0 Å². The predicted octanol–water partition coefficient (Wildman–Crippen LogP) is 2.95. The summed E-state index contributed by atoms with van der Waals surface area (Å²) < 4.78 is 5.08. The summed E-state index contributed by atoms with van der Waals surface area (Å²) in [6, 6.07) is 9.26. The van der Waals surface area contributed by atoms with E-state index in [0.29, 0.717) is 6.04 Å². The third kappa shape index (κ3) is 6.94. The molecule has 0 aromatic heterocycles. The van der Waals surface area contributed by atoms with Gasteiger partial charge in [0.25, 0.3) is 0 Å². The van der Waals surface area contributed by atoms with Crippen molar-refractivity contribution in [2.75, 3.05) is 44.8 Å². The molecule has 0 saturated carbocycles. The Morgan fingerprint density at radius 3 is 2.76 bits per heavy atom. The van der Waals surface area contributed by atoms with Crippen LogP contribution in [0.4, 0.5) is 5.69 Å². The fraction of sp³-hybridized carbons (Fsp3) is 0.650. The Morgan fingerprint density at radius 2 is 2.04 bits per heavy atom. The number of nitrogens with one attached hydrogen (secondary N) is 2. The van der Waals surface area contributed by atoms with Crippen LogP contribution in [-0.2, 0) is 4.74 Å². The molecule has 140 valence electrons. The maximum absolute atomic E-state index is 5.08. The van der Waals surface area contributed by atoms with Crippen molar-refractivity contribution in [1.82, 2.24) is 10.6 Å². The molecule has 1 heterocycles. The first-order valence-electron chi connectivity index (χ1n) is 9.58. The van der Waals surface area contributed by atoms with Gasteiger partial charge >= 0.3 is 0 Å². The third-order valence-corrected chi connectivity index (χ3v) is 4.55. The largest absolute Gasteiger partial charge is 0.385 e. The van der Waals surface area contributed by atoms with Crippen LogP contribution in [0, 0.1) is 6.92 Å². The molecule has 1 aliphatic heterocycles. The van der Waals surface area contributed by atoms with E-state index in [4.69, 9.17) is 9.73 Å². The zero-order valence-corrected chi connectivity index (χ0v) is 16.1. The number of benzene rings is 1. The fourth-order valence-corrected chi connectivity index (χ4v) is 3.11. The van der Waals surface area contributed by atoms with E-state index in [1.807, 2.05) is 0 Å². The van der Waals surface area contributed by atoms with Crippen LogP contribution in [-0.4, -0.2) is 51.9 Å². The number of hydrogen-bond donors (Lipinski definition) is 2. The summed E-state index contributed by atoms with van der Waals surface area (Å²) in [6.45, 7) is 8.98. The lowest BCUT2D eigenvalue weighted by atomic mass is 10.2. The van der Waals surface area contributed by atoms with Gasteiger partial charge in [0.15, 0.2) is 5.96 Å². The molecule has 1 aromatic rings. The molecule has 0 bridgehead atoms. The van der Waals surface area contributed by atoms with Crippen LogP contribution >= 0.6 is 0 Å². The molecule has 1 aliphatic rings. The quantitative estimate of drug-likeness (QED) is 0.410. The summed E-state index contributed by atoms with van der Waals surface area (Å²) >= 11 is 0. The van der Waals surface area contributed by atoms with E-state index in [-0.39, 0.29) is 0 Å². The predicted molar refractivity (Wildman–Crippen MR) is 107 cm³/mol. The van der Waals surface area contributed by atoms with Gasteiger partial charge in [-0.2, -0.15) is 0 Å². The van der Waals surface area contributed by atoms with Gasteiger partial charge in [-0.05, 0) is 51.7 Å². The normalized spacial score (nSPS) is 17.8. The minimum Gasteiger partial charge on any atom is -0.385 e. The van der Waals surface area contributed by atoms with Gasteiger partial charge in [0.2, 0.25) is 0 Å². The Balaban J connectivity index is 1.78. The highest BCUT2D eigenvalue weighted by Gasteiger charge is 2.23. The van der Waals surface area contributed by atoms with E-state index >= 15 is 0 Å². The second-order valence-electron chi connectivity index (χ2n) is 6.73. The topological polar surface area (TPSA) is 48.9 Å². The molecule has 5 heteroatoms. The first-order valence-corrected chi connectivity index (χ1v) is 9.58. The minimum absolute atomic E-state index is 0.451. The molecule has 0 amide bonds. The second kappa shape index (κ2) is 11.0. The molecule has 1 fully saturated rings. The van der Waals surface area contributed by atoms with Crippen LogP contribution in [0.15, 0.2) is 29.3 Å². The molecule has 2 N–H and O–H groups in total. The molecule has 0 radical (unpaired) electrons. The van der Waals surface area contributed by atoms with Crippen molar-refractivity contribution in [3.05, 3.63) is 29.8 Å². The number of unbranched alkanes of at least 4 members (excludes halogenated alkanes) is 2. The van der Waals surface area contributed by atoms with Gasteiger partial charge in [-0.15, -0.1) is 0 Å². The smallest absolute Gasteiger partial charge is 0.191 e. The number of anilines is 1. The fourth-order valence-electron chi connectivity index (χ4n) is 3.11. The number of aliphatic imine (C=N–C) groups is 1. The first kappa shape index (κ1) is 19.6. The Kier molecular flexibility index (Phi) is 8.60. The van der Waals surface area contributed by atoms with Crippen molar-refractivity contribution in [3.8, 4) is 0 Å². The number of ether oxygens (including phenoxy) is 1. The summed E-state index contributed by atoms with van der Waals surface area (Å²) in [5.74, 6) is 0.949. The molecule has 5 nitrogen and oxygen atoms in total. The van der Waals surface area contributed by atoms with Gasteiger partial charge in [0.1, 0.15) is 0 Å². The third-order valence-electron chi connectivity index (χ3n) is 4.55. The van der Waals surface area contributed by atoms with Crippen LogP contribution < -0.4 is 15.5 Å². The van der Waals surface area contributed by atoms with Gasteiger partial charge in [-0.1, -0.05) is 17.7 Å². The van der Waals surface area contributed by atoms with Crippen LogP contribution in [0.5, 0.6) is 0 Å². The van der Waals surface area contributed by atoms with Gasteiger partial charge in [-0.3, -0.25) is 4.99 Å². The standard InChI is InChI=1S/C20H34N4O/c1-4-21-20(22-13-6-5-7-15-25-3)23-18-12-14-24(16-18)19-10-8-17(2)9-11-19/h8-11,18H,4-7,12-16H2,1-3H3,(H2,21,22,23). The lowest BCUT2D eigenvalue weighted by molar-refractivity contribution is 0.192. The van der Waals surface area contributed by atoms with E-state index < -0.39 is 0 Å². The molecular weight excluding hydrogens is 312 g/mol. The van der Waals surface area contributed by atoms with Crippen molar-refractivity contribution < 1.29 is 4.74 Å². The Hall–Kier alpha value is -1.75. The van der Waals surface area contributed by atoms with E-state index in [1.165, 1.54) is 17.7 Å². The number of guanidine groups is 1. The Morgan fingerprint density at radius 1 is 1.24 bits per heavy atom. The monoisotopic (exact) mass is 346 g/mol. The number of rotatable bonds is 9. The van der Waals surface area contributed by atoms with Crippen molar-refractivity contribution in [2.45, 2.75) is 45.6 Å². The number of hydrogen-bond acceptors (Lipinski definition) is 3. The van der Waals surface area contributed by atoms with Gasteiger partial charge in [0, 0.05) is 51.6 Å². The molecule has 1 unspecified atom stereocenters.